The highest BCUT2D eigenvalue weighted by molar-refractivity contribution is 6.03. The maximum Gasteiger partial charge on any atom is 0.331 e. The van der Waals surface area contributed by atoms with Crippen LogP contribution in [0, 0.1) is 31.2 Å². The number of H-pyrrole nitrogens is 1. The molecule has 0 spiro atoms. The van der Waals surface area contributed by atoms with Gasteiger partial charge in [-0.1, -0.05) is 38.5 Å². The van der Waals surface area contributed by atoms with E-state index in [4.69, 9.17) is 30.9 Å². The van der Waals surface area contributed by atoms with Crippen molar-refractivity contribution < 1.29 is 28.9 Å². The molecular weight excluding hydrogens is 634 g/mol. The number of hydrogen-bond acceptors (Lipinski definition) is 7. The number of benzene rings is 2. The van der Waals surface area contributed by atoms with Crippen molar-refractivity contribution in [3.05, 3.63) is 76.3 Å². The summed E-state index contributed by atoms with van der Waals surface area (Å²) in [6, 6.07) is 12.3. The van der Waals surface area contributed by atoms with E-state index in [0.29, 0.717) is 43.4 Å². The molecule has 2 fully saturated rings. The summed E-state index contributed by atoms with van der Waals surface area (Å²) in [5, 5.41) is 12.5. The number of aryl methyl sites for hydroxylation is 1. The summed E-state index contributed by atoms with van der Waals surface area (Å²) >= 11 is 0. The van der Waals surface area contributed by atoms with Crippen LogP contribution in [0.25, 0.3) is 21.9 Å². The van der Waals surface area contributed by atoms with Gasteiger partial charge in [0.05, 0.1) is 25.9 Å². The van der Waals surface area contributed by atoms with Gasteiger partial charge in [0.2, 0.25) is 5.69 Å². The molecule has 4 aromatic rings. The largest absolute Gasteiger partial charge is 0.490 e. The van der Waals surface area contributed by atoms with Crippen LogP contribution in [0.1, 0.15) is 80.4 Å². The summed E-state index contributed by atoms with van der Waals surface area (Å²) in [5.41, 5.74) is 5.83. The number of fused-ring (bicyclic) bond motifs is 1. The SMILES string of the molecule is [C-]#[N+]c1cn2[nH]c(-c3ccc(N4CCOCC4)c(Cc4cc(C)ccc4OC(C)CCC(=O)O)c3)nc2c1C(=O)OC1C(C)CC(C)CC1C. The lowest BCUT2D eigenvalue weighted by atomic mass is 9.75. The Morgan fingerprint density at radius 2 is 1.84 bits per heavy atom. The van der Waals surface area contributed by atoms with E-state index < -0.39 is 11.9 Å². The fourth-order valence-corrected chi connectivity index (χ4v) is 7.70. The van der Waals surface area contributed by atoms with Crippen LogP contribution in [0.3, 0.4) is 0 Å². The smallest absolute Gasteiger partial charge is 0.331 e. The number of anilines is 1. The average molecular weight is 682 g/mol. The van der Waals surface area contributed by atoms with Gasteiger partial charge in [0.25, 0.3) is 0 Å². The monoisotopic (exact) mass is 681 g/mol. The summed E-state index contributed by atoms with van der Waals surface area (Å²) in [6.45, 7) is 21.0. The molecule has 6 rings (SSSR count). The number of ether oxygens (including phenoxy) is 3. The first-order valence-corrected chi connectivity index (χ1v) is 17.6. The number of morpholine rings is 1. The molecule has 2 aliphatic rings. The standard InChI is InChI=1S/C39H47N5O6/c1-23-7-11-33(49-27(5)8-12-34(45)46)30(19-23)21-29-20-28(9-10-32(29)43-13-15-48-16-14-43)37-41-38-35(31(40-6)22-44(38)42-37)39(47)50-36-25(3)17-24(2)18-26(36)4/h7,9-11,19-20,22,24-27,36H,8,12-18,21H2,1-5H3,(H,41,42)(H,45,46). The van der Waals surface area contributed by atoms with Crippen LogP contribution >= 0.6 is 0 Å². The van der Waals surface area contributed by atoms with Gasteiger partial charge >= 0.3 is 11.9 Å². The molecular formula is C39H47N5O6. The average Bonchev–Trinajstić information content (AvgIpc) is 3.65. The number of hydrogen-bond donors (Lipinski definition) is 2. The predicted octanol–water partition coefficient (Wildman–Crippen LogP) is 7.48. The van der Waals surface area contributed by atoms with Gasteiger partial charge in [-0.25, -0.2) is 14.6 Å². The molecule has 0 bridgehead atoms. The molecule has 0 amide bonds. The summed E-state index contributed by atoms with van der Waals surface area (Å²) in [7, 11) is 0. The van der Waals surface area contributed by atoms with Crippen LogP contribution in [0.5, 0.6) is 5.75 Å². The van der Waals surface area contributed by atoms with Gasteiger partial charge in [-0.3, -0.25) is 14.4 Å². The molecule has 11 heteroatoms. The molecule has 2 aromatic carbocycles. The lowest BCUT2D eigenvalue weighted by molar-refractivity contribution is -0.137. The molecule has 1 aliphatic carbocycles. The molecule has 1 saturated heterocycles. The molecule has 3 heterocycles. The van der Waals surface area contributed by atoms with Gasteiger partial charge in [0.1, 0.15) is 17.4 Å². The van der Waals surface area contributed by atoms with E-state index in [1.54, 1.807) is 10.7 Å². The number of esters is 1. The Balaban J connectivity index is 1.34. The van der Waals surface area contributed by atoms with Crippen molar-refractivity contribution in [2.75, 3.05) is 31.2 Å². The Bertz CT molecular complexity index is 1890. The van der Waals surface area contributed by atoms with Crippen molar-refractivity contribution >= 4 is 29.0 Å². The number of aliphatic carboxylic acids is 1. The van der Waals surface area contributed by atoms with Gasteiger partial charge in [-0.05, 0) is 86.3 Å². The fraction of sp³-hybridized carbons (Fsp3) is 0.487. The van der Waals surface area contributed by atoms with Gasteiger partial charge in [0, 0.05) is 43.4 Å². The lowest BCUT2D eigenvalue weighted by Gasteiger charge is -2.37. The van der Waals surface area contributed by atoms with E-state index in [1.165, 1.54) is 0 Å². The molecule has 1 aliphatic heterocycles. The molecule has 1 saturated carbocycles. The summed E-state index contributed by atoms with van der Waals surface area (Å²) < 4.78 is 19.7. The molecule has 11 nitrogen and oxygen atoms in total. The molecule has 264 valence electrons. The van der Waals surface area contributed by atoms with Crippen molar-refractivity contribution in [3.63, 3.8) is 0 Å². The van der Waals surface area contributed by atoms with E-state index in [0.717, 1.165) is 59.6 Å². The topological polar surface area (TPSA) is 123 Å². The summed E-state index contributed by atoms with van der Waals surface area (Å²) in [6.07, 6.45) is 4.14. The highest BCUT2D eigenvalue weighted by atomic mass is 16.5. The minimum Gasteiger partial charge on any atom is -0.490 e. The number of carboxylic acid groups (broad SMARTS) is 1. The second-order valence-electron chi connectivity index (χ2n) is 14.3. The Morgan fingerprint density at radius 3 is 2.54 bits per heavy atom. The Kier molecular flexibility index (Phi) is 10.5. The normalized spacial score (nSPS) is 21.5. The zero-order chi connectivity index (χ0) is 35.5. The van der Waals surface area contributed by atoms with Crippen LogP contribution in [-0.4, -0.2) is 70.2 Å². The van der Waals surface area contributed by atoms with E-state index in [2.05, 4.69) is 53.8 Å². The van der Waals surface area contributed by atoms with Crippen molar-refractivity contribution in [3.8, 4) is 17.1 Å². The first kappa shape index (κ1) is 35.0. The first-order valence-electron chi connectivity index (χ1n) is 17.6. The van der Waals surface area contributed by atoms with Gasteiger partial charge < -0.3 is 24.2 Å². The third-order valence-corrected chi connectivity index (χ3v) is 10.0. The van der Waals surface area contributed by atoms with Crippen molar-refractivity contribution in [1.82, 2.24) is 14.6 Å². The summed E-state index contributed by atoms with van der Waals surface area (Å²) in [5.74, 6) is 0.990. The lowest BCUT2D eigenvalue weighted by Crippen LogP contribution is -2.37. The van der Waals surface area contributed by atoms with Crippen LogP contribution in [-0.2, 0) is 20.7 Å². The zero-order valence-electron chi connectivity index (χ0n) is 29.6. The number of aromatic amines is 1. The Hall–Kier alpha value is -4.82. The zero-order valence-corrected chi connectivity index (χ0v) is 29.6. The highest BCUT2D eigenvalue weighted by Crippen LogP contribution is 2.37. The van der Waals surface area contributed by atoms with E-state index in [1.807, 2.05) is 32.0 Å². The van der Waals surface area contributed by atoms with Gasteiger partial charge in [-0.15, -0.1) is 0 Å². The van der Waals surface area contributed by atoms with E-state index in [9.17, 15) is 9.59 Å². The second kappa shape index (κ2) is 15.0. The number of nitrogens with one attached hydrogen (secondary N) is 1. The minimum absolute atomic E-state index is 0.0399. The highest BCUT2D eigenvalue weighted by Gasteiger charge is 2.36. The van der Waals surface area contributed by atoms with Gasteiger partial charge in [-0.2, -0.15) is 0 Å². The van der Waals surface area contributed by atoms with Crippen molar-refractivity contribution in [1.29, 1.82) is 0 Å². The number of aromatic nitrogens is 3. The van der Waals surface area contributed by atoms with Crippen LogP contribution < -0.4 is 9.64 Å². The number of carboxylic acids is 1. The Morgan fingerprint density at radius 1 is 1.10 bits per heavy atom. The molecule has 3 unspecified atom stereocenters. The van der Waals surface area contributed by atoms with Crippen molar-refractivity contribution in [2.24, 2.45) is 17.8 Å². The second-order valence-corrected chi connectivity index (χ2v) is 14.3. The molecule has 2 aromatic heterocycles. The number of nitrogens with zero attached hydrogens (tertiary/aromatic N) is 4. The molecule has 50 heavy (non-hydrogen) atoms. The van der Waals surface area contributed by atoms with Crippen LogP contribution in [0.2, 0.25) is 0 Å². The number of rotatable bonds is 11. The number of carbonyl (C=O) groups excluding carboxylic acids is 1. The first-order chi connectivity index (χ1) is 24.0. The predicted molar refractivity (Wildman–Crippen MR) is 191 cm³/mol. The van der Waals surface area contributed by atoms with Crippen molar-refractivity contribution in [2.45, 2.75) is 78.9 Å². The molecule has 2 N–H and O–H groups in total. The summed E-state index contributed by atoms with van der Waals surface area (Å²) in [4.78, 5) is 35.7. The molecule has 3 atom stereocenters. The Labute approximate surface area is 293 Å². The fourth-order valence-electron chi connectivity index (χ4n) is 7.70. The minimum atomic E-state index is -0.843. The van der Waals surface area contributed by atoms with E-state index in [-0.39, 0.29) is 41.7 Å². The third-order valence-electron chi connectivity index (χ3n) is 10.0. The maximum atomic E-state index is 13.7. The van der Waals surface area contributed by atoms with Gasteiger partial charge in [0.15, 0.2) is 11.5 Å². The van der Waals surface area contributed by atoms with Crippen LogP contribution in [0.15, 0.2) is 42.6 Å². The quantitative estimate of drug-likeness (QED) is 0.123. The van der Waals surface area contributed by atoms with E-state index >= 15 is 0 Å². The third kappa shape index (κ3) is 7.65. The molecule has 0 radical (unpaired) electrons. The maximum absolute atomic E-state index is 13.7. The van der Waals surface area contributed by atoms with Crippen LogP contribution in [0.4, 0.5) is 11.4 Å². The number of carbonyl (C=O) groups is 2.